The van der Waals surface area contributed by atoms with Crippen molar-refractivity contribution in [1.82, 2.24) is 0 Å². The molecule has 4 rings (SSSR count). The SMILES string of the molecule is CC(OC(=O)COC(=O)C12CC3CC(C1)C(=O)C(C3)C2)C(F)(F)S(=O)(=O)O. The Kier molecular flexibility index (Phi) is 4.82. The summed E-state index contributed by atoms with van der Waals surface area (Å²) in [6.07, 6.45) is 0.353. The number of rotatable bonds is 6. The number of carbonyl (C=O) groups is 3. The van der Waals surface area contributed by atoms with E-state index in [0.717, 1.165) is 12.8 Å². The Labute approximate surface area is 154 Å². The van der Waals surface area contributed by atoms with Crippen molar-refractivity contribution in [1.29, 1.82) is 0 Å². The second-order valence-corrected chi connectivity index (χ2v) is 9.27. The summed E-state index contributed by atoms with van der Waals surface area (Å²) in [4.78, 5) is 36.3. The number of Topliss-reactive ketones (excluding diaryl/α,β-unsaturated/α-hetero) is 1. The number of alkyl halides is 2. The van der Waals surface area contributed by atoms with E-state index in [1.54, 1.807) is 0 Å². The second-order valence-electron chi connectivity index (χ2n) is 7.77. The standard InChI is InChI=1S/C16H20F2O8S/c1-8(16(17,18)27(22,23)24)26-12(19)7-25-14(21)15-4-9-2-10(5-15)13(20)11(3-9)6-15/h8-11H,2-7H2,1H3,(H,22,23,24). The molecule has 4 aliphatic rings. The fourth-order valence-corrected chi connectivity index (χ4v) is 5.25. The van der Waals surface area contributed by atoms with Gasteiger partial charge in [-0.25, -0.2) is 4.79 Å². The predicted octanol–water partition coefficient (Wildman–Crippen LogP) is 1.34. The van der Waals surface area contributed by atoms with Gasteiger partial charge in [0.05, 0.1) is 5.41 Å². The molecule has 0 heterocycles. The molecule has 0 spiro atoms. The molecule has 0 amide bonds. The third kappa shape index (κ3) is 3.46. The molecular formula is C16H20F2O8S. The normalized spacial score (nSPS) is 33.6. The molecule has 0 aromatic rings. The Morgan fingerprint density at radius 1 is 1.26 bits per heavy atom. The van der Waals surface area contributed by atoms with Crippen LogP contribution in [-0.4, -0.2) is 48.7 Å². The molecule has 0 saturated heterocycles. The average Bonchev–Trinajstić information content (AvgIpc) is 2.55. The summed E-state index contributed by atoms with van der Waals surface area (Å²) < 4.78 is 65.7. The summed E-state index contributed by atoms with van der Waals surface area (Å²) in [5, 5.41) is -4.69. The minimum Gasteiger partial charge on any atom is -0.453 e. The van der Waals surface area contributed by atoms with Crippen LogP contribution in [0.2, 0.25) is 0 Å². The largest absolute Gasteiger partial charge is 0.453 e. The summed E-state index contributed by atoms with van der Waals surface area (Å²) in [5.41, 5.74) is -0.839. The molecule has 0 aromatic heterocycles. The van der Waals surface area contributed by atoms with Gasteiger partial charge in [0.15, 0.2) is 12.7 Å². The number of halogens is 2. The van der Waals surface area contributed by atoms with Crippen molar-refractivity contribution in [2.24, 2.45) is 23.2 Å². The van der Waals surface area contributed by atoms with Crippen molar-refractivity contribution in [3.05, 3.63) is 0 Å². The van der Waals surface area contributed by atoms with Gasteiger partial charge in [0.1, 0.15) is 5.78 Å². The van der Waals surface area contributed by atoms with Crippen LogP contribution >= 0.6 is 0 Å². The number of esters is 2. The van der Waals surface area contributed by atoms with Gasteiger partial charge in [0.25, 0.3) is 0 Å². The minimum absolute atomic E-state index is 0.176. The highest BCUT2D eigenvalue weighted by molar-refractivity contribution is 7.86. The second kappa shape index (κ2) is 6.47. The van der Waals surface area contributed by atoms with Crippen molar-refractivity contribution in [3.8, 4) is 0 Å². The Morgan fingerprint density at radius 3 is 2.33 bits per heavy atom. The molecule has 11 heteroatoms. The predicted molar refractivity (Wildman–Crippen MR) is 84.0 cm³/mol. The van der Waals surface area contributed by atoms with Crippen LogP contribution in [0.25, 0.3) is 0 Å². The van der Waals surface area contributed by atoms with E-state index >= 15 is 0 Å². The summed E-state index contributed by atoms with van der Waals surface area (Å²) >= 11 is 0. The maximum absolute atomic E-state index is 13.4. The zero-order valence-corrected chi connectivity index (χ0v) is 15.3. The van der Waals surface area contributed by atoms with Crippen LogP contribution in [0.1, 0.15) is 39.0 Å². The van der Waals surface area contributed by atoms with Gasteiger partial charge in [-0.15, -0.1) is 0 Å². The molecule has 0 aromatic carbocycles. The van der Waals surface area contributed by atoms with Gasteiger partial charge in [-0.1, -0.05) is 0 Å². The van der Waals surface area contributed by atoms with Crippen LogP contribution in [0.5, 0.6) is 0 Å². The molecule has 4 saturated carbocycles. The summed E-state index contributed by atoms with van der Waals surface area (Å²) in [6.45, 7) is -0.362. The lowest BCUT2D eigenvalue weighted by atomic mass is 9.49. The Balaban J connectivity index is 1.57. The Morgan fingerprint density at radius 2 is 1.81 bits per heavy atom. The Bertz CT molecular complexity index is 759. The third-order valence-electron chi connectivity index (χ3n) is 5.87. The molecule has 4 aliphatic carbocycles. The third-order valence-corrected chi connectivity index (χ3v) is 6.89. The lowest BCUT2D eigenvalue weighted by Crippen LogP contribution is -2.55. The number of ether oxygens (including phenoxy) is 2. The fraction of sp³-hybridized carbons (Fsp3) is 0.812. The molecule has 0 aliphatic heterocycles. The lowest BCUT2D eigenvalue weighted by Gasteiger charge is -2.53. The Hall–Kier alpha value is -1.62. The molecule has 27 heavy (non-hydrogen) atoms. The summed E-state index contributed by atoms with van der Waals surface area (Å²) in [5.74, 6) is -1.95. The van der Waals surface area contributed by atoms with E-state index in [1.807, 2.05) is 0 Å². The quantitative estimate of drug-likeness (QED) is 0.514. The maximum Gasteiger partial charge on any atom is 0.405 e. The van der Waals surface area contributed by atoms with Crippen molar-refractivity contribution >= 4 is 27.8 Å². The highest BCUT2D eigenvalue weighted by Gasteiger charge is 2.59. The van der Waals surface area contributed by atoms with Gasteiger partial charge in [0.2, 0.25) is 0 Å². The van der Waals surface area contributed by atoms with Crippen molar-refractivity contribution in [3.63, 3.8) is 0 Å². The first-order valence-electron chi connectivity index (χ1n) is 8.61. The van der Waals surface area contributed by atoms with E-state index in [0.29, 0.717) is 26.2 Å². The monoisotopic (exact) mass is 410 g/mol. The number of hydrogen-bond donors (Lipinski definition) is 1. The van der Waals surface area contributed by atoms with Gasteiger partial charge in [-0.2, -0.15) is 17.2 Å². The van der Waals surface area contributed by atoms with E-state index in [9.17, 15) is 31.6 Å². The van der Waals surface area contributed by atoms with Gasteiger partial charge in [-0.05, 0) is 44.9 Å². The van der Waals surface area contributed by atoms with Crippen molar-refractivity contribution < 1.29 is 45.6 Å². The van der Waals surface area contributed by atoms with E-state index in [-0.39, 0.29) is 23.5 Å². The van der Waals surface area contributed by atoms with E-state index < -0.39 is 45.4 Å². The molecule has 4 bridgehead atoms. The van der Waals surface area contributed by atoms with E-state index in [4.69, 9.17) is 9.29 Å². The number of hydrogen-bond acceptors (Lipinski definition) is 7. The fourth-order valence-electron chi connectivity index (χ4n) is 4.78. The van der Waals surface area contributed by atoms with Crippen LogP contribution in [0.3, 0.4) is 0 Å². The minimum atomic E-state index is -5.76. The molecular weight excluding hydrogens is 390 g/mol. The maximum atomic E-state index is 13.4. The lowest BCUT2D eigenvalue weighted by molar-refractivity contribution is -0.182. The van der Waals surface area contributed by atoms with Crippen LogP contribution in [0.15, 0.2) is 0 Å². The van der Waals surface area contributed by atoms with Gasteiger partial charge >= 0.3 is 27.3 Å². The van der Waals surface area contributed by atoms with Crippen LogP contribution < -0.4 is 0 Å². The number of carbonyl (C=O) groups excluding carboxylic acids is 3. The molecule has 1 N–H and O–H groups in total. The zero-order valence-electron chi connectivity index (χ0n) is 14.5. The zero-order chi connectivity index (χ0) is 20.2. The van der Waals surface area contributed by atoms with E-state index in [1.165, 1.54) is 0 Å². The first-order chi connectivity index (χ1) is 12.4. The first kappa shape index (κ1) is 20.1. The first-order valence-corrected chi connectivity index (χ1v) is 10.0. The molecule has 3 unspecified atom stereocenters. The summed E-state index contributed by atoms with van der Waals surface area (Å²) in [6, 6.07) is 0. The topological polar surface area (TPSA) is 124 Å². The molecule has 152 valence electrons. The van der Waals surface area contributed by atoms with Crippen molar-refractivity contribution in [2.45, 2.75) is 50.4 Å². The van der Waals surface area contributed by atoms with Gasteiger partial charge < -0.3 is 9.47 Å². The van der Waals surface area contributed by atoms with Crippen molar-refractivity contribution in [2.75, 3.05) is 6.61 Å². The molecule has 3 atom stereocenters. The molecule has 8 nitrogen and oxygen atoms in total. The highest BCUT2D eigenvalue weighted by Crippen LogP contribution is 2.59. The van der Waals surface area contributed by atoms with E-state index in [2.05, 4.69) is 4.74 Å². The van der Waals surface area contributed by atoms with Crippen LogP contribution in [-0.2, 0) is 34.0 Å². The summed E-state index contributed by atoms with van der Waals surface area (Å²) in [7, 11) is -5.76. The molecule has 0 radical (unpaired) electrons. The highest BCUT2D eigenvalue weighted by atomic mass is 32.2. The average molecular weight is 410 g/mol. The van der Waals surface area contributed by atoms with Crippen LogP contribution in [0.4, 0.5) is 8.78 Å². The smallest absolute Gasteiger partial charge is 0.405 e. The number of ketones is 1. The van der Waals surface area contributed by atoms with Gasteiger partial charge in [-0.3, -0.25) is 14.1 Å². The van der Waals surface area contributed by atoms with Crippen LogP contribution in [0, 0.1) is 23.2 Å². The van der Waals surface area contributed by atoms with Gasteiger partial charge in [0, 0.05) is 11.8 Å². The molecule has 4 fully saturated rings.